The van der Waals surface area contributed by atoms with Crippen LogP contribution in [0.4, 0.5) is 0 Å². The molecule has 1 aliphatic rings. The molecule has 19 heavy (non-hydrogen) atoms. The van der Waals surface area contributed by atoms with E-state index in [1.54, 1.807) is 0 Å². The first-order valence-electron chi connectivity index (χ1n) is 7.77. The van der Waals surface area contributed by atoms with Crippen molar-refractivity contribution in [1.29, 1.82) is 0 Å². The van der Waals surface area contributed by atoms with Gasteiger partial charge in [-0.1, -0.05) is 50.1 Å². The summed E-state index contributed by atoms with van der Waals surface area (Å²) in [5, 5.41) is 0. The second-order valence-electron chi connectivity index (χ2n) is 5.93. The Bertz CT molecular complexity index is 370. The number of hydrogen-bond donors (Lipinski definition) is 1. The van der Waals surface area contributed by atoms with E-state index in [-0.39, 0.29) is 5.54 Å². The van der Waals surface area contributed by atoms with Crippen molar-refractivity contribution in [3.05, 3.63) is 35.9 Å². The van der Waals surface area contributed by atoms with Crippen molar-refractivity contribution in [2.45, 2.75) is 57.5 Å². The molecule has 0 bridgehead atoms. The summed E-state index contributed by atoms with van der Waals surface area (Å²) >= 11 is 0. The van der Waals surface area contributed by atoms with Gasteiger partial charge in [0.1, 0.15) is 0 Å². The molecule has 106 valence electrons. The summed E-state index contributed by atoms with van der Waals surface area (Å²) in [7, 11) is 0. The summed E-state index contributed by atoms with van der Waals surface area (Å²) in [6.45, 7) is 6.95. The van der Waals surface area contributed by atoms with E-state index in [1.165, 1.54) is 37.9 Å². The van der Waals surface area contributed by atoms with Gasteiger partial charge in [0.2, 0.25) is 0 Å². The molecule has 2 heteroatoms. The fourth-order valence-corrected chi connectivity index (χ4v) is 3.39. The zero-order valence-corrected chi connectivity index (χ0v) is 12.4. The van der Waals surface area contributed by atoms with Crippen molar-refractivity contribution < 1.29 is 0 Å². The molecule has 0 spiro atoms. The van der Waals surface area contributed by atoms with E-state index in [1.807, 2.05) is 0 Å². The molecule has 0 aromatic heterocycles. The lowest BCUT2D eigenvalue weighted by atomic mass is 9.79. The normalized spacial score (nSPS) is 21.8. The summed E-state index contributed by atoms with van der Waals surface area (Å²) in [6.07, 6.45) is 6.20. The van der Waals surface area contributed by atoms with E-state index < -0.39 is 0 Å². The van der Waals surface area contributed by atoms with Crippen LogP contribution in [0.1, 0.15) is 51.5 Å². The Morgan fingerprint density at radius 3 is 2.37 bits per heavy atom. The second kappa shape index (κ2) is 6.53. The molecule has 1 aliphatic heterocycles. The van der Waals surface area contributed by atoms with Gasteiger partial charge in [0.25, 0.3) is 0 Å². The number of nitrogens with two attached hydrogens (primary N) is 1. The summed E-state index contributed by atoms with van der Waals surface area (Å²) in [5.41, 5.74) is 7.93. The topological polar surface area (TPSA) is 29.3 Å². The van der Waals surface area contributed by atoms with Crippen molar-refractivity contribution >= 4 is 0 Å². The lowest BCUT2D eigenvalue weighted by Gasteiger charge is -2.44. The Kier molecular flexibility index (Phi) is 5.00. The molecule has 0 amide bonds. The molecule has 0 radical (unpaired) electrons. The Hall–Kier alpha value is -0.860. The molecule has 2 nitrogen and oxygen atoms in total. The lowest BCUT2D eigenvalue weighted by molar-refractivity contribution is 0.103. The highest BCUT2D eigenvalue weighted by Crippen LogP contribution is 2.31. The smallest absolute Gasteiger partial charge is 0.0564 e. The number of rotatable bonds is 5. The van der Waals surface area contributed by atoms with Crippen molar-refractivity contribution in [3.63, 3.8) is 0 Å². The van der Waals surface area contributed by atoms with E-state index in [0.717, 1.165) is 12.8 Å². The third kappa shape index (κ3) is 3.18. The van der Waals surface area contributed by atoms with Crippen LogP contribution in [0.2, 0.25) is 0 Å². The van der Waals surface area contributed by atoms with E-state index in [4.69, 9.17) is 5.73 Å². The van der Waals surface area contributed by atoms with Crippen LogP contribution < -0.4 is 5.73 Å². The monoisotopic (exact) mass is 260 g/mol. The average molecular weight is 260 g/mol. The van der Waals surface area contributed by atoms with Crippen LogP contribution in [0.3, 0.4) is 0 Å². The molecule has 2 rings (SSSR count). The summed E-state index contributed by atoms with van der Waals surface area (Å²) in [5.74, 6) is 0. The zero-order valence-electron chi connectivity index (χ0n) is 12.4. The van der Waals surface area contributed by atoms with E-state index >= 15 is 0 Å². The van der Waals surface area contributed by atoms with Crippen LogP contribution in [0.5, 0.6) is 0 Å². The van der Waals surface area contributed by atoms with Crippen LogP contribution in [0.15, 0.2) is 30.3 Å². The number of piperidine rings is 1. The maximum absolute atomic E-state index is 6.86. The molecule has 1 aromatic carbocycles. The highest BCUT2D eigenvalue weighted by atomic mass is 15.2. The predicted octanol–water partition coefficient (Wildman–Crippen LogP) is 3.52. The number of nitrogens with zero attached hydrogens (tertiary/aromatic N) is 1. The van der Waals surface area contributed by atoms with Gasteiger partial charge in [-0.15, -0.1) is 0 Å². The van der Waals surface area contributed by atoms with Crippen molar-refractivity contribution in [2.24, 2.45) is 5.73 Å². The first kappa shape index (κ1) is 14.5. The molecule has 0 saturated carbocycles. The quantitative estimate of drug-likeness (QED) is 0.877. The Morgan fingerprint density at radius 2 is 1.79 bits per heavy atom. The Balaban J connectivity index is 2.22. The predicted molar refractivity (Wildman–Crippen MR) is 82.1 cm³/mol. The van der Waals surface area contributed by atoms with Gasteiger partial charge in [-0.3, -0.25) is 4.90 Å². The highest BCUT2D eigenvalue weighted by Gasteiger charge is 2.36. The molecular weight excluding hydrogens is 232 g/mol. The number of likely N-dealkylation sites (tertiary alicyclic amines) is 1. The maximum Gasteiger partial charge on any atom is 0.0564 e. The van der Waals surface area contributed by atoms with Crippen LogP contribution in [0.25, 0.3) is 0 Å². The van der Waals surface area contributed by atoms with Crippen LogP contribution in [-0.2, 0) is 5.54 Å². The van der Waals surface area contributed by atoms with Gasteiger partial charge < -0.3 is 5.73 Å². The van der Waals surface area contributed by atoms with Crippen molar-refractivity contribution in [1.82, 2.24) is 4.90 Å². The molecule has 1 aromatic rings. The SMILES string of the molecule is CCCC(N)(c1ccccc1)C(C)N1CCCCC1. The average Bonchev–Trinajstić information content (AvgIpc) is 2.48. The minimum Gasteiger partial charge on any atom is -0.320 e. The van der Waals surface area contributed by atoms with Crippen molar-refractivity contribution in [3.8, 4) is 0 Å². The third-order valence-corrected chi connectivity index (χ3v) is 4.66. The third-order valence-electron chi connectivity index (χ3n) is 4.66. The Morgan fingerprint density at radius 1 is 1.16 bits per heavy atom. The minimum absolute atomic E-state index is 0.215. The largest absolute Gasteiger partial charge is 0.320 e. The molecule has 2 unspecified atom stereocenters. The second-order valence-corrected chi connectivity index (χ2v) is 5.93. The highest BCUT2D eigenvalue weighted by molar-refractivity contribution is 5.26. The van der Waals surface area contributed by atoms with Gasteiger partial charge in [-0.25, -0.2) is 0 Å². The van der Waals surface area contributed by atoms with Gasteiger partial charge in [-0.05, 0) is 44.8 Å². The lowest BCUT2D eigenvalue weighted by Crippen LogP contribution is -2.55. The first-order chi connectivity index (χ1) is 9.18. The molecule has 2 N–H and O–H groups in total. The molecule has 2 atom stereocenters. The van der Waals surface area contributed by atoms with E-state index in [2.05, 4.69) is 49.1 Å². The van der Waals surface area contributed by atoms with Gasteiger partial charge in [0, 0.05) is 6.04 Å². The first-order valence-corrected chi connectivity index (χ1v) is 7.77. The minimum atomic E-state index is -0.215. The fourth-order valence-electron chi connectivity index (χ4n) is 3.39. The maximum atomic E-state index is 6.86. The van der Waals surface area contributed by atoms with E-state index in [0.29, 0.717) is 6.04 Å². The summed E-state index contributed by atoms with van der Waals surface area (Å²) < 4.78 is 0. The van der Waals surface area contributed by atoms with Crippen LogP contribution in [0, 0.1) is 0 Å². The zero-order chi connectivity index (χ0) is 13.7. The van der Waals surface area contributed by atoms with Gasteiger partial charge in [0.15, 0.2) is 0 Å². The molecule has 0 aliphatic carbocycles. The van der Waals surface area contributed by atoms with Crippen LogP contribution >= 0.6 is 0 Å². The molecular formula is C17H28N2. The van der Waals surface area contributed by atoms with Crippen molar-refractivity contribution in [2.75, 3.05) is 13.1 Å². The molecule has 1 fully saturated rings. The standard InChI is InChI=1S/C17H28N2/c1-3-12-17(18,16-10-6-4-7-11-16)15(2)19-13-8-5-9-14-19/h4,6-7,10-11,15H,3,5,8-9,12-14,18H2,1-2H3. The molecule has 1 heterocycles. The summed E-state index contributed by atoms with van der Waals surface area (Å²) in [4.78, 5) is 2.59. The summed E-state index contributed by atoms with van der Waals surface area (Å²) in [6, 6.07) is 11.1. The number of benzene rings is 1. The Labute approximate surface area is 118 Å². The van der Waals surface area contributed by atoms with Crippen LogP contribution in [-0.4, -0.2) is 24.0 Å². The van der Waals surface area contributed by atoms with E-state index in [9.17, 15) is 0 Å². The van der Waals surface area contributed by atoms with Gasteiger partial charge >= 0.3 is 0 Å². The molecule has 1 saturated heterocycles. The van der Waals surface area contributed by atoms with Gasteiger partial charge in [0.05, 0.1) is 5.54 Å². The van der Waals surface area contributed by atoms with Gasteiger partial charge in [-0.2, -0.15) is 0 Å². The fraction of sp³-hybridized carbons (Fsp3) is 0.647. The number of hydrogen-bond acceptors (Lipinski definition) is 2.